The third-order valence-electron chi connectivity index (χ3n) is 6.13. The SMILES string of the molecule is COc1ccccc1N(CC(=O)N(Cc1c(Cl)cccc1Cl)[C@@H](Cc1ccccc1)C(=O)NC(C)C)S(C)(=O)=O. The summed E-state index contributed by atoms with van der Waals surface area (Å²) in [6.45, 7) is 2.94. The second-order valence-electron chi connectivity index (χ2n) is 9.53. The molecule has 0 unspecified atom stereocenters. The van der Waals surface area contributed by atoms with Crippen molar-refractivity contribution < 1.29 is 22.7 Å². The summed E-state index contributed by atoms with van der Waals surface area (Å²) in [5.41, 5.74) is 1.46. The van der Waals surface area contributed by atoms with Crippen LogP contribution in [0.2, 0.25) is 10.0 Å². The third kappa shape index (κ3) is 8.13. The molecule has 0 aliphatic carbocycles. The molecule has 0 radical (unpaired) electrons. The molecule has 214 valence electrons. The van der Waals surface area contributed by atoms with E-state index in [-0.39, 0.29) is 30.4 Å². The summed E-state index contributed by atoms with van der Waals surface area (Å²) in [7, 11) is -2.52. The van der Waals surface area contributed by atoms with E-state index in [1.165, 1.54) is 12.0 Å². The van der Waals surface area contributed by atoms with Crippen molar-refractivity contribution in [2.45, 2.75) is 38.9 Å². The standard InChI is InChI=1S/C29H33Cl2N3O5S/c1-20(2)32-29(36)26(17-21-11-6-5-7-12-21)33(18-22-23(30)13-10-14-24(22)31)28(35)19-34(40(4,37)38)25-15-8-9-16-27(25)39-3/h5-16,20,26H,17-19H2,1-4H3,(H,32,36)/t26-/m0/s1. The number of halogens is 2. The Morgan fingerprint density at radius 2 is 1.52 bits per heavy atom. The summed E-state index contributed by atoms with van der Waals surface area (Å²) < 4.78 is 32.2. The number of hydrogen-bond donors (Lipinski definition) is 1. The lowest BCUT2D eigenvalue weighted by molar-refractivity contribution is -0.140. The fourth-order valence-corrected chi connectivity index (χ4v) is 5.59. The number of anilines is 1. The minimum atomic E-state index is -3.94. The lowest BCUT2D eigenvalue weighted by Gasteiger charge is -2.34. The molecule has 0 spiro atoms. The molecule has 0 saturated heterocycles. The Bertz CT molecular complexity index is 1410. The predicted molar refractivity (Wildman–Crippen MR) is 159 cm³/mol. The average Bonchev–Trinajstić information content (AvgIpc) is 2.90. The highest BCUT2D eigenvalue weighted by Crippen LogP contribution is 2.31. The molecule has 0 bridgehead atoms. The highest BCUT2D eigenvalue weighted by Gasteiger charge is 2.34. The summed E-state index contributed by atoms with van der Waals surface area (Å²) in [6, 6.07) is 19.5. The van der Waals surface area contributed by atoms with Crippen molar-refractivity contribution in [3.63, 3.8) is 0 Å². The second kappa shape index (κ2) is 13.9. The van der Waals surface area contributed by atoms with Crippen molar-refractivity contribution in [3.05, 3.63) is 94.0 Å². The minimum Gasteiger partial charge on any atom is -0.495 e. The van der Waals surface area contributed by atoms with Crippen molar-refractivity contribution in [1.29, 1.82) is 0 Å². The van der Waals surface area contributed by atoms with Gasteiger partial charge in [0.05, 0.1) is 19.1 Å². The van der Waals surface area contributed by atoms with Gasteiger partial charge in [0.2, 0.25) is 21.8 Å². The van der Waals surface area contributed by atoms with Gasteiger partial charge in [-0.25, -0.2) is 8.42 Å². The third-order valence-corrected chi connectivity index (χ3v) is 7.96. The molecule has 11 heteroatoms. The number of carbonyl (C=O) groups excluding carboxylic acids is 2. The number of carbonyl (C=O) groups is 2. The van der Waals surface area contributed by atoms with Gasteiger partial charge in [-0.3, -0.25) is 13.9 Å². The van der Waals surface area contributed by atoms with E-state index in [4.69, 9.17) is 27.9 Å². The summed E-state index contributed by atoms with van der Waals surface area (Å²) in [5, 5.41) is 3.53. The molecule has 0 fully saturated rings. The molecule has 3 aromatic rings. The van der Waals surface area contributed by atoms with Crippen molar-refractivity contribution in [1.82, 2.24) is 10.2 Å². The van der Waals surface area contributed by atoms with Crippen LogP contribution in [0.4, 0.5) is 5.69 Å². The van der Waals surface area contributed by atoms with E-state index in [1.807, 2.05) is 44.2 Å². The van der Waals surface area contributed by atoms with E-state index in [0.29, 0.717) is 15.6 Å². The largest absolute Gasteiger partial charge is 0.495 e. The van der Waals surface area contributed by atoms with Crippen LogP contribution in [0, 0.1) is 0 Å². The minimum absolute atomic E-state index is 0.121. The van der Waals surface area contributed by atoms with Crippen molar-refractivity contribution >= 4 is 50.7 Å². The molecular weight excluding hydrogens is 573 g/mol. The number of hydrogen-bond acceptors (Lipinski definition) is 5. The number of ether oxygens (including phenoxy) is 1. The molecule has 0 saturated carbocycles. The van der Waals surface area contributed by atoms with Gasteiger partial charge in [-0.1, -0.05) is 71.7 Å². The lowest BCUT2D eigenvalue weighted by Crippen LogP contribution is -2.54. The number of methoxy groups -OCH3 is 1. The Morgan fingerprint density at radius 1 is 0.925 bits per heavy atom. The fraction of sp³-hybridized carbons (Fsp3) is 0.310. The summed E-state index contributed by atoms with van der Waals surface area (Å²) in [6.07, 6.45) is 1.19. The molecule has 8 nitrogen and oxygen atoms in total. The first-order valence-corrected chi connectivity index (χ1v) is 15.2. The van der Waals surface area contributed by atoms with Gasteiger partial charge in [0.1, 0.15) is 18.3 Å². The predicted octanol–water partition coefficient (Wildman–Crippen LogP) is 4.93. The molecule has 40 heavy (non-hydrogen) atoms. The number of sulfonamides is 1. The first-order valence-electron chi connectivity index (χ1n) is 12.6. The Kier molecular flexibility index (Phi) is 10.8. The number of benzene rings is 3. The molecule has 2 amide bonds. The van der Waals surface area contributed by atoms with Crippen molar-refractivity contribution in [2.75, 3.05) is 24.2 Å². The maximum absolute atomic E-state index is 14.1. The molecule has 1 N–H and O–H groups in total. The molecule has 3 aromatic carbocycles. The maximum Gasteiger partial charge on any atom is 0.244 e. The van der Waals surface area contributed by atoms with Crippen LogP contribution < -0.4 is 14.4 Å². The van der Waals surface area contributed by atoms with E-state index in [1.54, 1.807) is 42.5 Å². The van der Waals surface area contributed by atoms with E-state index < -0.39 is 34.4 Å². The number of amides is 2. The maximum atomic E-state index is 14.1. The zero-order valence-corrected chi connectivity index (χ0v) is 25.1. The van der Waals surface area contributed by atoms with E-state index in [0.717, 1.165) is 16.1 Å². The average molecular weight is 607 g/mol. The molecule has 0 heterocycles. The summed E-state index contributed by atoms with van der Waals surface area (Å²) in [4.78, 5) is 29.1. The zero-order valence-electron chi connectivity index (χ0n) is 22.8. The molecule has 3 rings (SSSR count). The van der Waals surface area contributed by atoms with Crippen LogP contribution in [-0.2, 0) is 32.6 Å². The van der Waals surface area contributed by atoms with Crippen LogP contribution in [0.15, 0.2) is 72.8 Å². The molecular formula is C29H33Cl2N3O5S. The Labute approximate surface area is 245 Å². The Balaban J connectivity index is 2.12. The molecule has 0 aromatic heterocycles. The van der Waals surface area contributed by atoms with Gasteiger partial charge in [-0.05, 0) is 43.7 Å². The lowest BCUT2D eigenvalue weighted by atomic mass is 10.0. The Morgan fingerprint density at radius 3 is 2.10 bits per heavy atom. The van der Waals surface area contributed by atoms with Gasteiger partial charge in [0.25, 0.3) is 0 Å². The Hall–Kier alpha value is -3.27. The monoisotopic (exact) mass is 605 g/mol. The van der Waals surface area contributed by atoms with Crippen LogP contribution in [0.25, 0.3) is 0 Å². The number of rotatable bonds is 12. The van der Waals surface area contributed by atoms with Gasteiger partial charge in [-0.2, -0.15) is 0 Å². The van der Waals surface area contributed by atoms with E-state index >= 15 is 0 Å². The van der Waals surface area contributed by atoms with Crippen molar-refractivity contribution in [3.8, 4) is 5.75 Å². The number of nitrogens with zero attached hydrogens (tertiary/aromatic N) is 2. The highest BCUT2D eigenvalue weighted by atomic mass is 35.5. The normalized spacial score (nSPS) is 12.1. The number of para-hydroxylation sites is 2. The van der Waals surface area contributed by atoms with Gasteiger partial charge in [-0.15, -0.1) is 0 Å². The van der Waals surface area contributed by atoms with Gasteiger partial charge < -0.3 is 15.0 Å². The van der Waals surface area contributed by atoms with Gasteiger partial charge in [0.15, 0.2) is 0 Å². The fourth-order valence-electron chi connectivity index (χ4n) is 4.22. The van der Waals surface area contributed by atoms with Crippen LogP contribution in [0.3, 0.4) is 0 Å². The van der Waals surface area contributed by atoms with Crippen LogP contribution in [0.1, 0.15) is 25.0 Å². The van der Waals surface area contributed by atoms with E-state index in [9.17, 15) is 18.0 Å². The number of nitrogens with one attached hydrogen (secondary N) is 1. The van der Waals surface area contributed by atoms with Crippen LogP contribution in [-0.4, -0.2) is 57.1 Å². The van der Waals surface area contributed by atoms with Gasteiger partial charge >= 0.3 is 0 Å². The van der Waals surface area contributed by atoms with E-state index in [2.05, 4.69) is 5.32 Å². The topological polar surface area (TPSA) is 96.0 Å². The molecule has 0 aliphatic heterocycles. The quantitative estimate of drug-likeness (QED) is 0.316. The van der Waals surface area contributed by atoms with Crippen molar-refractivity contribution in [2.24, 2.45) is 0 Å². The first-order chi connectivity index (χ1) is 18.9. The summed E-state index contributed by atoms with van der Waals surface area (Å²) in [5.74, 6) is -0.731. The smallest absolute Gasteiger partial charge is 0.244 e. The highest BCUT2D eigenvalue weighted by molar-refractivity contribution is 7.92. The van der Waals surface area contributed by atoms with Crippen LogP contribution in [0.5, 0.6) is 5.75 Å². The molecule has 1 atom stereocenters. The summed E-state index contributed by atoms with van der Waals surface area (Å²) >= 11 is 13.0. The molecule has 0 aliphatic rings. The van der Waals surface area contributed by atoms with Gasteiger partial charge in [0, 0.05) is 34.6 Å². The second-order valence-corrected chi connectivity index (χ2v) is 12.3. The zero-order chi connectivity index (χ0) is 29.4. The first kappa shape index (κ1) is 31.3. The van der Waals surface area contributed by atoms with Crippen LogP contribution >= 0.6 is 23.2 Å².